The lowest BCUT2D eigenvalue weighted by Gasteiger charge is -2.27. The Balaban J connectivity index is 1.60. The summed E-state index contributed by atoms with van der Waals surface area (Å²) in [6, 6.07) is 4.04. The lowest BCUT2D eigenvalue weighted by atomic mass is 9.78. The van der Waals surface area contributed by atoms with E-state index in [1.165, 1.54) is 43.2 Å². The molecule has 2 unspecified atom stereocenters. The predicted octanol–water partition coefficient (Wildman–Crippen LogP) is 5.31. The highest BCUT2D eigenvalue weighted by Crippen LogP contribution is 2.45. The van der Waals surface area contributed by atoms with E-state index in [1.807, 2.05) is 12.1 Å². The summed E-state index contributed by atoms with van der Waals surface area (Å²) in [6.45, 7) is 5.00. The minimum atomic E-state index is -0.404. The molecule has 3 aliphatic rings. The number of unbranched alkanes of at least 4 members (excludes halogenated alkanes) is 4. The topological polar surface area (TPSA) is 41.6 Å². The van der Waals surface area contributed by atoms with Crippen LogP contribution in [0.3, 0.4) is 0 Å². The highest BCUT2D eigenvalue weighted by Gasteiger charge is 2.33. The molecule has 144 valence electrons. The molecule has 1 fully saturated rings. The summed E-state index contributed by atoms with van der Waals surface area (Å²) in [6.07, 6.45) is 7.85. The third kappa shape index (κ3) is 4.72. The normalized spacial score (nSPS) is 22.0. The number of hydrogen-bond donors (Lipinski definition) is 1. The summed E-state index contributed by atoms with van der Waals surface area (Å²) in [5.41, 5.74) is 2.66. The van der Waals surface area contributed by atoms with Crippen LogP contribution in [0.1, 0.15) is 74.8 Å². The van der Waals surface area contributed by atoms with Crippen LogP contribution in [0.2, 0.25) is 5.02 Å². The fourth-order valence-electron chi connectivity index (χ4n) is 4.34. The van der Waals surface area contributed by atoms with E-state index in [1.54, 1.807) is 0 Å². The van der Waals surface area contributed by atoms with Crippen LogP contribution in [0, 0.1) is 0 Å². The molecule has 1 aliphatic carbocycles. The number of benzene rings is 1. The van der Waals surface area contributed by atoms with Crippen LogP contribution in [0.4, 0.5) is 4.79 Å². The molecule has 1 saturated heterocycles. The Hall–Kier alpha value is -1.26. The van der Waals surface area contributed by atoms with Crippen molar-refractivity contribution in [1.29, 1.82) is 0 Å². The number of ether oxygens (including phenoxy) is 1. The van der Waals surface area contributed by atoms with Gasteiger partial charge in [0.2, 0.25) is 0 Å². The van der Waals surface area contributed by atoms with Gasteiger partial charge < -0.3 is 15.0 Å². The zero-order valence-electron chi connectivity index (χ0n) is 16.0. The zero-order valence-corrected chi connectivity index (χ0v) is 16.8. The van der Waals surface area contributed by atoms with E-state index in [0.717, 1.165) is 25.9 Å². The first-order chi connectivity index (χ1) is 12.6. The summed E-state index contributed by atoms with van der Waals surface area (Å²) >= 11 is 6.43. The molecule has 1 aromatic rings. The molecular formula is C21H31ClN2O2. The largest absolute Gasteiger partial charge is 0.412 e. The Labute approximate surface area is 162 Å². The first kappa shape index (κ1) is 19.5. The number of carbonyl (C=O) groups is 1. The molecule has 2 atom stereocenters. The number of rotatable bonds is 7. The summed E-state index contributed by atoms with van der Waals surface area (Å²) in [7, 11) is 2.18. The molecule has 0 radical (unpaired) electrons. The highest BCUT2D eigenvalue weighted by molar-refractivity contribution is 6.32. The van der Waals surface area contributed by atoms with E-state index in [0.29, 0.717) is 29.2 Å². The van der Waals surface area contributed by atoms with Gasteiger partial charge in [-0.3, -0.25) is 0 Å². The number of fused-ring (bicyclic) bond motifs is 3. The Kier molecular flexibility index (Phi) is 6.82. The lowest BCUT2D eigenvalue weighted by molar-refractivity contribution is 0.200. The molecule has 0 spiro atoms. The van der Waals surface area contributed by atoms with Crippen molar-refractivity contribution < 1.29 is 9.53 Å². The second-order valence-electron chi connectivity index (χ2n) is 7.83. The Bertz CT molecular complexity index is 635. The predicted molar refractivity (Wildman–Crippen MR) is 106 cm³/mol. The standard InChI is InChI=1S/C21H31ClN2O2/c1-3-4-5-6-7-10-23-21(25)26-20-12-18-16-9-8-15(13-24(2)14-16)17(18)11-19(20)22/h11-12,15-16H,3-10,13-14H2,1-2H3,(H,23,25). The van der Waals surface area contributed by atoms with Gasteiger partial charge >= 0.3 is 6.09 Å². The Morgan fingerprint density at radius 3 is 2.50 bits per heavy atom. The molecule has 2 aliphatic heterocycles. The summed E-state index contributed by atoms with van der Waals surface area (Å²) in [5, 5.41) is 3.38. The van der Waals surface area contributed by atoms with E-state index in [-0.39, 0.29) is 0 Å². The molecule has 1 amide bonds. The van der Waals surface area contributed by atoms with Gasteiger partial charge in [-0.15, -0.1) is 0 Å². The van der Waals surface area contributed by atoms with Crippen molar-refractivity contribution in [3.05, 3.63) is 28.3 Å². The minimum absolute atomic E-state index is 0.404. The second-order valence-corrected chi connectivity index (χ2v) is 8.24. The van der Waals surface area contributed by atoms with Crippen molar-refractivity contribution in [3.8, 4) is 5.75 Å². The maximum Gasteiger partial charge on any atom is 0.412 e. The van der Waals surface area contributed by atoms with Crippen LogP contribution >= 0.6 is 11.6 Å². The van der Waals surface area contributed by atoms with E-state index >= 15 is 0 Å². The van der Waals surface area contributed by atoms with Crippen LogP contribution in [0.15, 0.2) is 12.1 Å². The van der Waals surface area contributed by atoms with Gasteiger partial charge in [-0.1, -0.05) is 44.2 Å². The first-order valence-electron chi connectivity index (χ1n) is 10.1. The molecule has 4 nitrogen and oxygen atoms in total. The molecule has 0 aromatic heterocycles. The van der Waals surface area contributed by atoms with Gasteiger partial charge in [-0.25, -0.2) is 4.79 Å². The molecule has 1 N–H and O–H groups in total. The number of hydrogen-bond acceptors (Lipinski definition) is 3. The number of likely N-dealkylation sites (N-methyl/N-ethyl adjacent to an activating group) is 1. The number of nitrogens with zero attached hydrogens (tertiary/aromatic N) is 1. The Morgan fingerprint density at radius 2 is 1.81 bits per heavy atom. The van der Waals surface area contributed by atoms with Crippen molar-refractivity contribution in [1.82, 2.24) is 10.2 Å². The molecule has 4 rings (SSSR count). The van der Waals surface area contributed by atoms with Gasteiger partial charge in [0.15, 0.2) is 5.75 Å². The molecule has 26 heavy (non-hydrogen) atoms. The van der Waals surface area contributed by atoms with Crippen LogP contribution in [0.25, 0.3) is 0 Å². The minimum Gasteiger partial charge on any atom is -0.409 e. The van der Waals surface area contributed by atoms with Crippen molar-refractivity contribution in [2.45, 2.75) is 63.7 Å². The first-order valence-corrected chi connectivity index (χ1v) is 10.4. The second kappa shape index (κ2) is 9.09. The molecule has 5 heteroatoms. The average molecular weight is 379 g/mol. The van der Waals surface area contributed by atoms with E-state index in [9.17, 15) is 4.79 Å². The van der Waals surface area contributed by atoms with Gasteiger partial charge in [0.05, 0.1) is 5.02 Å². The van der Waals surface area contributed by atoms with Crippen molar-refractivity contribution in [2.24, 2.45) is 0 Å². The third-order valence-corrected chi connectivity index (χ3v) is 5.99. The summed E-state index contributed by atoms with van der Waals surface area (Å²) in [5.74, 6) is 1.54. The van der Waals surface area contributed by atoms with Gasteiger partial charge in [0.25, 0.3) is 0 Å². The fraction of sp³-hybridized carbons (Fsp3) is 0.667. The number of halogens is 1. The molecule has 1 aromatic carbocycles. The van der Waals surface area contributed by atoms with Crippen LogP contribution in [-0.2, 0) is 0 Å². The fourth-order valence-corrected chi connectivity index (χ4v) is 4.56. The van der Waals surface area contributed by atoms with Crippen molar-refractivity contribution in [3.63, 3.8) is 0 Å². The zero-order chi connectivity index (χ0) is 18.5. The maximum absolute atomic E-state index is 12.1. The van der Waals surface area contributed by atoms with E-state index in [2.05, 4.69) is 24.2 Å². The average Bonchev–Trinajstić information content (AvgIpc) is 2.87. The van der Waals surface area contributed by atoms with Crippen molar-refractivity contribution in [2.75, 3.05) is 26.7 Å². The number of amides is 1. The summed E-state index contributed by atoms with van der Waals surface area (Å²) in [4.78, 5) is 14.5. The quantitative estimate of drug-likeness (QED) is 0.654. The van der Waals surface area contributed by atoms with Gasteiger partial charge in [0.1, 0.15) is 0 Å². The number of carbonyl (C=O) groups excluding carboxylic acids is 1. The molecule has 2 bridgehead atoms. The summed E-state index contributed by atoms with van der Waals surface area (Å²) < 4.78 is 5.52. The molecule has 0 saturated carbocycles. The Morgan fingerprint density at radius 1 is 1.15 bits per heavy atom. The van der Waals surface area contributed by atoms with E-state index < -0.39 is 6.09 Å². The molecule has 2 heterocycles. The van der Waals surface area contributed by atoms with E-state index in [4.69, 9.17) is 16.3 Å². The number of nitrogens with one attached hydrogen (secondary N) is 1. The smallest absolute Gasteiger partial charge is 0.409 e. The van der Waals surface area contributed by atoms with Crippen LogP contribution in [-0.4, -0.2) is 37.7 Å². The van der Waals surface area contributed by atoms with Crippen LogP contribution < -0.4 is 10.1 Å². The van der Waals surface area contributed by atoms with Crippen LogP contribution in [0.5, 0.6) is 5.75 Å². The molecular weight excluding hydrogens is 348 g/mol. The van der Waals surface area contributed by atoms with Gasteiger partial charge in [-0.2, -0.15) is 0 Å². The van der Waals surface area contributed by atoms with Gasteiger partial charge in [0, 0.05) is 19.6 Å². The monoisotopic (exact) mass is 378 g/mol. The third-order valence-electron chi connectivity index (χ3n) is 5.70. The SMILES string of the molecule is CCCCCCCNC(=O)Oc1cc2c(cc1Cl)C1CCC2CN(C)C1. The van der Waals surface area contributed by atoms with Gasteiger partial charge in [-0.05, 0) is 61.4 Å². The van der Waals surface area contributed by atoms with Crippen molar-refractivity contribution >= 4 is 17.7 Å². The highest BCUT2D eigenvalue weighted by atomic mass is 35.5. The lowest BCUT2D eigenvalue weighted by Crippen LogP contribution is -2.28. The maximum atomic E-state index is 12.1.